The number of aryl methyl sites for hydroxylation is 1. The lowest BCUT2D eigenvalue weighted by Crippen LogP contribution is -2.16. The maximum absolute atomic E-state index is 12.8. The minimum absolute atomic E-state index is 0.162. The molecule has 0 spiro atoms. The lowest BCUT2D eigenvalue weighted by atomic mass is 10.1. The van der Waals surface area contributed by atoms with E-state index in [0.29, 0.717) is 29.3 Å². The van der Waals surface area contributed by atoms with Gasteiger partial charge in [0.1, 0.15) is 18.1 Å². The van der Waals surface area contributed by atoms with Crippen molar-refractivity contribution in [1.29, 1.82) is 0 Å². The monoisotopic (exact) mass is 481 g/mol. The van der Waals surface area contributed by atoms with Crippen molar-refractivity contribution in [1.82, 2.24) is 9.56 Å². The first-order valence-corrected chi connectivity index (χ1v) is 10.7. The molecule has 2 heterocycles. The van der Waals surface area contributed by atoms with Crippen molar-refractivity contribution in [3.63, 3.8) is 0 Å². The molecule has 0 unspecified atom stereocenters. The van der Waals surface area contributed by atoms with Crippen molar-refractivity contribution >= 4 is 34.8 Å². The predicted octanol–water partition coefficient (Wildman–Crippen LogP) is 4.26. The van der Waals surface area contributed by atoms with Gasteiger partial charge >= 0.3 is 5.97 Å². The van der Waals surface area contributed by atoms with Crippen LogP contribution in [0, 0.1) is 6.92 Å². The fraction of sp³-hybridized carbons (Fsp3) is 0.167. The summed E-state index contributed by atoms with van der Waals surface area (Å²) in [6, 6.07) is 14.0. The Hall–Kier alpha value is -4.11. The number of para-hydroxylation sites is 1. The van der Waals surface area contributed by atoms with Crippen LogP contribution in [-0.2, 0) is 11.3 Å². The van der Waals surface area contributed by atoms with Crippen LogP contribution in [0.25, 0.3) is 5.65 Å². The molecule has 0 aliphatic heterocycles. The summed E-state index contributed by atoms with van der Waals surface area (Å²) in [7, 11) is 0. The van der Waals surface area contributed by atoms with E-state index in [2.05, 4.69) is 10.3 Å². The summed E-state index contributed by atoms with van der Waals surface area (Å²) in [5, 5.41) is 2.94. The van der Waals surface area contributed by atoms with Gasteiger partial charge in [-0.25, -0.2) is 9.78 Å². The number of fused-ring (bicyclic) bond motifs is 1. The standard InChI is InChI=1S/C24H20ClN3O6/c1-3-32-20-7-5-4-6-17(20)23(30)27-19-11-15(8-9-18(19)25)24(31)33-13-16-12-22(29)28-21(26-16)10-14(2)34-28/h4-12H,3,13H2,1-2H3,(H,27,30). The van der Waals surface area contributed by atoms with Crippen molar-refractivity contribution in [3.05, 3.63) is 92.6 Å². The summed E-state index contributed by atoms with van der Waals surface area (Å²) in [5.41, 5.74) is 0.895. The Bertz CT molecular complexity index is 1440. The van der Waals surface area contributed by atoms with Crippen LogP contribution in [0.1, 0.15) is 39.1 Å². The zero-order chi connectivity index (χ0) is 24.2. The molecule has 1 amide bonds. The summed E-state index contributed by atoms with van der Waals surface area (Å²) in [5.74, 6) is -0.155. The Labute approximate surface area is 198 Å². The van der Waals surface area contributed by atoms with Gasteiger partial charge in [0.2, 0.25) is 0 Å². The van der Waals surface area contributed by atoms with E-state index in [9.17, 15) is 14.4 Å². The highest BCUT2D eigenvalue weighted by atomic mass is 35.5. The molecule has 4 rings (SSSR count). The number of halogens is 1. The Morgan fingerprint density at radius 2 is 1.94 bits per heavy atom. The van der Waals surface area contributed by atoms with Crippen LogP contribution in [0.15, 0.2) is 63.9 Å². The fourth-order valence-corrected chi connectivity index (χ4v) is 3.41. The maximum Gasteiger partial charge on any atom is 0.338 e. The van der Waals surface area contributed by atoms with E-state index in [4.69, 9.17) is 25.6 Å². The molecule has 174 valence electrons. The van der Waals surface area contributed by atoms with Gasteiger partial charge in [-0.05, 0) is 44.2 Å². The molecule has 0 saturated carbocycles. The number of hydrogen-bond donors (Lipinski definition) is 1. The smallest absolute Gasteiger partial charge is 0.338 e. The van der Waals surface area contributed by atoms with Crippen LogP contribution in [0.2, 0.25) is 5.02 Å². The topological polar surface area (TPSA) is 112 Å². The lowest BCUT2D eigenvalue weighted by molar-refractivity contribution is 0.0467. The molecule has 0 atom stereocenters. The van der Waals surface area contributed by atoms with Crippen molar-refractivity contribution in [3.8, 4) is 5.75 Å². The van der Waals surface area contributed by atoms with Crippen molar-refractivity contribution < 1.29 is 23.6 Å². The maximum atomic E-state index is 12.8. The van der Waals surface area contributed by atoms with E-state index < -0.39 is 17.4 Å². The number of nitrogens with one attached hydrogen (secondary N) is 1. The number of rotatable bonds is 7. The van der Waals surface area contributed by atoms with Gasteiger partial charge in [-0.15, -0.1) is 4.57 Å². The average molecular weight is 482 g/mol. The number of anilines is 1. The van der Waals surface area contributed by atoms with Gasteiger partial charge in [0.15, 0.2) is 5.65 Å². The van der Waals surface area contributed by atoms with Crippen LogP contribution >= 0.6 is 11.6 Å². The van der Waals surface area contributed by atoms with Crippen LogP contribution in [0.4, 0.5) is 5.69 Å². The highest BCUT2D eigenvalue weighted by Gasteiger charge is 2.16. The summed E-state index contributed by atoms with van der Waals surface area (Å²) in [6.45, 7) is 3.70. The van der Waals surface area contributed by atoms with Gasteiger partial charge in [-0.2, -0.15) is 0 Å². The molecule has 0 radical (unpaired) electrons. The molecule has 4 aromatic rings. The number of aromatic nitrogens is 2. The SMILES string of the molecule is CCOc1ccccc1C(=O)Nc1cc(C(=O)OCc2cc(=O)n3oc(C)cc3n2)ccc1Cl. The number of hydrogen-bond acceptors (Lipinski definition) is 7. The van der Waals surface area contributed by atoms with Gasteiger partial charge in [0.25, 0.3) is 11.5 Å². The summed E-state index contributed by atoms with van der Waals surface area (Å²) >= 11 is 6.23. The Morgan fingerprint density at radius 3 is 2.74 bits per heavy atom. The second kappa shape index (κ2) is 9.80. The molecule has 0 bridgehead atoms. The number of nitrogens with zero attached hydrogens (tertiary/aromatic N) is 2. The van der Waals surface area contributed by atoms with Crippen LogP contribution in [0.5, 0.6) is 5.75 Å². The zero-order valence-corrected chi connectivity index (χ0v) is 19.1. The largest absolute Gasteiger partial charge is 0.493 e. The molecule has 9 nitrogen and oxygen atoms in total. The number of esters is 1. The number of benzene rings is 2. The summed E-state index contributed by atoms with van der Waals surface area (Å²) in [6.07, 6.45) is 0. The van der Waals surface area contributed by atoms with Gasteiger partial charge in [0, 0.05) is 12.1 Å². The predicted molar refractivity (Wildman–Crippen MR) is 125 cm³/mol. The average Bonchev–Trinajstić information content (AvgIpc) is 3.20. The van der Waals surface area contributed by atoms with Gasteiger partial charge in [0.05, 0.1) is 34.1 Å². The van der Waals surface area contributed by atoms with Gasteiger partial charge < -0.3 is 19.3 Å². The summed E-state index contributed by atoms with van der Waals surface area (Å²) in [4.78, 5) is 41.8. The van der Waals surface area contributed by atoms with E-state index in [1.54, 1.807) is 37.3 Å². The normalized spacial score (nSPS) is 10.8. The molecule has 10 heteroatoms. The van der Waals surface area contributed by atoms with Crippen LogP contribution in [0.3, 0.4) is 0 Å². The van der Waals surface area contributed by atoms with E-state index in [1.807, 2.05) is 6.92 Å². The first kappa shape index (κ1) is 23.1. The Morgan fingerprint density at radius 1 is 1.15 bits per heavy atom. The molecular weight excluding hydrogens is 462 g/mol. The molecular formula is C24H20ClN3O6. The van der Waals surface area contributed by atoms with Crippen molar-refractivity contribution in [2.24, 2.45) is 0 Å². The third kappa shape index (κ3) is 4.94. The first-order valence-electron chi connectivity index (χ1n) is 10.3. The molecule has 0 aliphatic rings. The molecule has 0 saturated heterocycles. The molecule has 2 aromatic heterocycles. The Balaban J connectivity index is 1.49. The van der Waals surface area contributed by atoms with Gasteiger partial charge in [-0.3, -0.25) is 9.59 Å². The quantitative estimate of drug-likeness (QED) is 0.392. The van der Waals surface area contributed by atoms with E-state index in [1.165, 1.54) is 24.3 Å². The third-order valence-corrected chi connectivity index (χ3v) is 5.09. The minimum Gasteiger partial charge on any atom is -0.493 e. The van der Waals surface area contributed by atoms with Gasteiger partial charge in [-0.1, -0.05) is 23.7 Å². The highest BCUT2D eigenvalue weighted by Crippen LogP contribution is 2.26. The second-order valence-corrected chi connectivity index (χ2v) is 7.65. The van der Waals surface area contributed by atoms with Crippen LogP contribution < -0.4 is 15.6 Å². The van der Waals surface area contributed by atoms with Crippen LogP contribution in [-0.4, -0.2) is 28.0 Å². The first-order chi connectivity index (χ1) is 16.4. The van der Waals surface area contributed by atoms with E-state index in [0.717, 1.165) is 4.57 Å². The second-order valence-electron chi connectivity index (χ2n) is 7.24. The van der Waals surface area contributed by atoms with E-state index >= 15 is 0 Å². The summed E-state index contributed by atoms with van der Waals surface area (Å²) < 4.78 is 17.1. The molecule has 34 heavy (non-hydrogen) atoms. The minimum atomic E-state index is -0.674. The van der Waals surface area contributed by atoms with E-state index in [-0.39, 0.29) is 28.6 Å². The number of amides is 1. The lowest BCUT2D eigenvalue weighted by Gasteiger charge is -2.12. The number of carbonyl (C=O) groups excluding carboxylic acids is 2. The molecule has 0 fully saturated rings. The van der Waals surface area contributed by atoms with Crippen molar-refractivity contribution in [2.75, 3.05) is 11.9 Å². The molecule has 1 N–H and O–H groups in total. The third-order valence-electron chi connectivity index (χ3n) is 4.76. The highest BCUT2D eigenvalue weighted by molar-refractivity contribution is 6.34. The zero-order valence-electron chi connectivity index (χ0n) is 18.3. The molecule has 2 aromatic carbocycles. The number of ether oxygens (including phenoxy) is 2. The fourth-order valence-electron chi connectivity index (χ4n) is 3.24. The van der Waals surface area contributed by atoms with Crippen molar-refractivity contribution in [2.45, 2.75) is 20.5 Å². The molecule has 0 aliphatic carbocycles. The number of carbonyl (C=O) groups is 2. The Kier molecular flexibility index (Phi) is 6.65.